The van der Waals surface area contributed by atoms with Crippen LogP contribution in [0.25, 0.3) is 0 Å². The Kier molecular flexibility index (Phi) is 11.8. The average Bonchev–Trinajstić information content (AvgIpc) is 2.75. The summed E-state index contributed by atoms with van der Waals surface area (Å²) in [6, 6.07) is 7.71. The summed E-state index contributed by atoms with van der Waals surface area (Å²) in [5.41, 5.74) is 0. The van der Waals surface area contributed by atoms with Crippen LogP contribution >= 0.6 is 15.9 Å². The lowest BCUT2D eigenvalue weighted by Gasteiger charge is -2.34. The predicted molar refractivity (Wildman–Crippen MR) is 129 cm³/mol. The number of rotatable bonds is 12. The van der Waals surface area contributed by atoms with Crippen LogP contribution in [0.1, 0.15) is 77.6 Å². The molecule has 1 aliphatic rings. The van der Waals surface area contributed by atoms with Gasteiger partial charge in [0.1, 0.15) is 5.75 Å². The van der Waals surface area contributed by atoms with Crippen molar-refractivity contribution in [3.05, 3.63) is 28.7 Å². The third-order valence-electron chi connectivity index (χ3n) is 6.47. The third-order valence-corrected chi connectivity index (χ3v) is 7.00. The van der Waals surface area contributed by atoms with E-state index in [4.69, 9.17) is 4.74 Å². The fraction of sp³-hybridized carbons (Fsp3) is 0.720. The molecule has 1 aliphatic carbocycles. The quantitative estimate of drug-likeness (QED) is 0.298. The van der Waals surface area contributed by atoms with Crippen LogP contribution in [0.2, 0.25) is 0 Å². The number of amides is 1. The van der Waals surface area contributed by atoms with Gasteiger partial charge >= 0.3 is 6.09 Å². The van der Waals surface area contributed by atoms with Crippen molar-refractivity contribution >= 4 is 22.0 Å². The Labute approximate surface area is 192 Å². The number of hydrogen-bond acceptors (Lipinski definition) is 3. The van der Waals surface area contributed by atoms with Gasteiger partial charge in [0.2, 0.25) is 0 Å². The lowest BCUT2D eigenvalue weighted by molar-refractivity contribution is 0.123. The van der Waals surface area contributed by atoms with Crippen LogP contribution in [0.3, 0.4) is 0 Å². The molecule has 2 rings (SSSR count). The molecule has 1 amide bonds. The Morgan fingerprint density at radius 1 is 0.967 bits per heavy atom. The highest BCUT2D eigenvalue weighted by molar-refractivity contribution is 9.10. The van der Waals surface area contributed by atoms with Crippen LogP contribution < -0.4 is 4.74 Å². The van der Waals surface area contributed by atoms with E-state index in [9.17, 15) is 4.79 Å². The van der Waals surface area contributed by atoms with Gasteiger partial charge in [-0.1, -0.05) is 55.0 Å². The fourth-order valence-electron chi connectivity index (χ4n) is 4.38. The molecular formula is C25H41BrN2O2. The van der Waals surface area contributed by atoms with E-state index < -0.39 is 0 Å². The molecule has 0 radical (unpaired) electrons. The highest BCUT2D eigenvalue weighted by Crippen LogP contribution is 2.31. The maximum atomic E-state index is 12.4. The Morgan fingerprint density at radius 2 is 1.60 bits per heavy atom. The maximum absolute atomic E-state index is 12.4. The number of benzene rings is 1. The van der Waals surface area contributed by atoms with E-state index in [2.05, 4.69) is 34.8 Å². The van der Waals surface area contributed by atoms with Crippen LogP contribution in [0.5, 0.6) is 5.75 Å². The highest BCUT2D eigenvalue weighted by Gasteiger charge is 2.27. The second kappa shape index (κ2) is 14.1. The predicted octanol–water partition coefficient (Wildman–Crippen LogP) is 7.12. The molecule has 170 valence electrons. The van der Waals surface area contributed by atoms with Gasteiger partial charge < -0.3 is 14.5 Å². The van der Waals surface area contributed by atoms with Gasteiger partial charge in [0.15, 0.2) is 0 Å². The molecule has 0 N–H and O–H groups in total. The SMILES string of the molecule is CCCCCN(C)CCCCCC1CCC(N(C)C(=O)Oc2ccc(Br)cc2)CC1. The summed E-state index contributed by atoms with van der Waals surface area (Å²) in [6.45, 7) is 4.75. The van der Waals surface area contributed by atoms with Gasteiger partial charge in [-0.15, -0.1) is 0 Å². The molecule has 0 saturated heterocycles. The third kappa shape index (κ3) is 9.38. The van der Waals surface area contributed by atoms with Crippen molar-refractivity contribution in [2.24, 2.45) is 5.92 Å². The maximum Gasteiger partial charge on any atom is 0.415 e. The first-order valence-corrected chi connectivity index (χ1v) is 12.7. The normalized spacial score (nSPS) is 19.1. The summed E-state index contributed by atoms with van der Waals surface area (Å²) in [5, 5.41) is 0. The Morgan fingerprint density at radius 3 is 2.23 bits per heavy atom. The minimum absolute atomic E-state index is 0.246. The molecule has 5 heteroatoms. The van der Waals surface area contributed by atoms with Gasteiger partial charge in [-0.05, 0) is 88.8 Å². The number of hydrogen-bond donors (Lipinski definition) is 0. The summed E-state index contributed by atoms with van der Waals surface area (Å²) in [7, 11) is 4.14. The minimum atomic E-state index is -0.246. The van der Waals surface area contributed by atoms with Crippen molar-refractivity contribution in [2.75, 3.05) is 27.2 Å². The molecule has 0 aromatic heterocycles. The zero-order valence-electron chi connectivity index (χ0n) is 19.2. The number of ether oxygens (including phenoxy) is 1. The molecule has 1 fully saturated rings. The van der Waals surface area contributed by atoms with Crippen molar-refractivity contribution in [3.8, 4) is 5.75 Å². The molecular weight excluding hydrogens is 440 g/mol. The van der Waals surface area contributed by atoms with E-state index in [-0.39, 0.29) is 6.09 Å². The minimum Gasteiger partial charge on any atom is -0.410 e. The molecule has 1 aromatic rings. The number of halogens is 1. The summed E-state index contributed by atoms with van der Waals surface area (Å²) in [5.74, 6) is 1.43. The largest absolute Gasteiger partial charge is 0.415 e. The lowest BCUT2D eigenvalue weighted by Crippen LogP contribution is -2.41. The first-order valence-electron chi connectivity index (χ1n) is 11.9. The zero-order valence-corrected chi connectivity index (χ0v) is 20.8. The van der Waals surface area contributed by atoms with Crippen LogP contribution in [-0.2, 0) is 0 Å². The molecule has 0 spiro atoms. The Hall–Kier alpha value is -1.07. The Bertz CT molecular complexity index is 600. The molecule has 0 atom stereocenters. The summed E-state index contributed by atoms with van der Waals surface area (Å²) in [6.07, 6.45) is 13.8. The molecule has 30 heavy (non-hydrogen) atoms. The zero-order chi connectivity index (χ0) is 21.8. The molecule has 1 aromatic carbocycles. The smallest absolute Gasteiger partial charge is 0.410 e. The summed E-state index contributed by atoms with van der Waals surface area (Å²) < 4.78 is 6.49. The van der Waals surface area contributed by atoms with E-state index in [1.807, 2.05) is 31.3 Å². The monoisotopic (exact) mass is 480 g/mol. The van der Waals surface area contributed by atoms with Crippen LogP contribution in [-0.4, -0.2) is 49.1 Å². The number of carbonyl (C=O) groups excluding carboxylic acids is 1. The molecule has 0 unspecified atom stereocenters. The number of unbranched alkanes of at least 4 members (excludes halogenated alkanes) is 4. The van der Waals surface area contributed by atoms with Crippen molar-refractivity contribution in [2.45, 2.75) is 83.6 Å². The topological polar surface area (TPSA) is 32.8 Å². The molecule has 0 bridgehead atoms. The van der Waals surface area contributed by atoms with Gasteiger partial charge in [-0.25, -0.2) is 4.79 Å². The van der Waals surface area contributed by atoms with Crippen LogP contribution in [0, 0.1) is 5.92 Å². The second-order valence-corrected chi connectivity index (χ2v) is 9.88. The Balaban J connectivity index is 1.57. The van der Waals surface area contributed by atoms with Gasteiger partial charge in [0.05, 0.1) is 0 Å². The van der Waals surface area contributed by atoms with Crippen LogP contribution in [0.4, 0.5) is 4.79 Å². The van der Waals surface area contributed by atoms with Crippen molar-refractivity contribution < 1.29 is 9.53 Å². The van der Waals surface area contributed by atoms with E-state index >= 15 is 0 Å². The molecule has 4 nitrogen and oxygen atoms in total. The standard InChI is InChI=1S/C25H41BrN2O2/c1-4-5-8-19-27(2)20-9-6-7-10-21-11-15-23(16-12-21)28(3)25(29)30-24-17-13-22(26)14-18-24/h13-14,17-18,21,23H,4-12,15-16,19-20H2,1-3H3. The summed E-state index contributed by atoms with van der Waals surface area (Å²) >= 11 is 3.40. The molecule has 1 saturated carbocycles. The van der Waals surface area contributed by atoms with Crippen LogP contribution in [0.15, 0.2) is 28.7 Å². The number of carbonyl (C=O) groups is 1. The van der Waals surface area contributed by atoms with Gasteiger partial charge in [0.25, 0.3) is 0 Å². The van der Waals surface area contributed by atoms with Crippen molar-refractivity contribution in [1.82, 2.24) is 9.80 Å². The van der Waals surface area contributed by atoms with E-state index in [0.717, 1.165) is 23.2 Å². The first-order chi connectivity index (χ1) is 14.5. The number of nitrogens with zero attached hydrogens (tertiary/aromatic N) is 2. The van der Waals surface area contributed by atoms with E-state index in [1.54, 1.807) is 4.90 Å². The van der Waals surface area contributed by atoms with Gasteiger partial charge in [-0.3, -0.25) is 0 Å². The fourth-order valence-corrected chi connectivity index (χ4v) is 4.64. The van der Waals surface area contributed by atoms with Gasteiger partial charge in [0, 0.05) is 17.6 Å². The first kappa shape index (κ1) is 25.2. The second-order valence-electron chi connectivity index (χ2n) is 8.97. The average molecular weight is 482 g/mol. The molecule has 0 heterocycles. The lowest BCUT2D eigenvalue weighted by atomic mass is 9.82. The van der Waals surface area contributed by atoms with E-state index in [1.165, 1.54) is 70.9 Å². The van der Waals surface area contributed by atoms with E-state index in [0.29, 0.717) is 11.8 Å². The summed E-state index contributed by atoms with van der Waals surface area (Å²) in [4.78, 5) is 16.7. The molecule has 0 aliphatic heterocycles. The van der Waals surface area contributed by atoms with Crippen molar-refractivity contribution in [1.29, 1.82) is 0 Å². The van der Waals surface area contributed by atoms with Crippen molar-refractivity contribution in [3.63, 3.8) is 0 Å². The highest BCUT2D eigenvalue weighted by atomic mass is 79.9. The van der Waals surface area contributed by atoms with Gasteiger partial charge in [-0.2, -0.15) is 0 Å².